The Morgan fingerprint density at radius 3 is 2.55 bits per heavy atom. The number of alkyl halides is 3. The second-order valence-electron chi connectivity index (χ2n) is 8.45. The summed E-state index contributed by atoms with van der Waals surface area (Å²) in [7, 11) is 0. The van der Waals surface area contributed by atoms with Gasteiger partial charge in [0.25, 0.3) is 0 Å². The van der Waals surface area contributed by atoms with Crippen molar-refractivity contribution >= 4 is 39.3 Å². The van der Waals surface area contributed by atoms with Crippen LogP contribution in [0.5, 0.6) is 5.75 Å². The number of carbonyl (C=O) groups excluding carboxylic acids is 2. The van der Waals surface area contributed by atoms with Gasteiger partial charge in [-0.3, -0.25) is 9.78 Å². The number of pyridine rings is 1. The third-order valence-corrected chi connectivity index (χ3v) is 6.18. The highest BCUT2D eigenvalue weighted by atomic mass is 79.9. The van der Waals surface area contributed by atoms with Crippen molar-refractivity contribution < 1.29 is 32.2 Å². The van der Waals surface area contributed by atoms with Crippen molar-refractivity contribution in [3.05, 3.63) is 71.0 Å². The van der Waals surface area contributed by atoms with E-state index in [4.69, 9.17) is 9.47 Å². The first-order valence-electron chi connectivity index (χ1n) is 11.3. The first-order valence-corrected chi connectivity index (χ1v) is 12.1. The van der Waals surface area contributed by atoms with E-state index in [9.17, 15) is 22.8 Å². The molecule has 38 heavy (non-hydrogen) atoms. The summed E-state index contributed by atoms with van der Waals surface area (Å²) in [5.74, 6) is -0.395. The number of halogens is 4. The molecule has 0 bridgehead atoms. The Balaban J connectivity index is 1.41. The number of rotatable bonds is 7. The zero-order chi connectivity index (χ0) is 27.3. The maximum Gasteiger partial charge on any atom is 0.418 e. The lowest BCUT2D eigenvalue weighted by Crippen LogP contribution is -2.60. The molecular formula is C24H22BrF3N6O4. The van der Waals surface area contributed by atoms with Crippen LogP contribution >= 0.6 is 15.9 Å². The fraction of sp³-hybridized carbons (Fsp3) is 0.292. The van der Waals surface area contributed by atoms with E-state index in [0.29, 0.717) is 15.9 Å². The summed E-state index contributed by atoms with van der Waals surface area (Å²) in [5.41, 5.74) is -1.53. The van der Waals surface area contributed by atoms with Crippen LogP contribution in [0, 0.1) is 0 Å². The van der Waals surface area contributed by atoms with Gasteiger partial charge in [-0.25, -0.2) is 14.8 Å². The molecule has 2 atom stereocenters. The lowest BCUT2D eigenvalue weighted by molar-refractivity contribution is -0.137. The van der Waals surface area contributed by atoms with Crippen LogP contribution in [0.1, 0.15) is 30.6 Å². The number of benzene rings is 1. The zero-order valence-electron chi connectivity index (χ0n) is 19.9. The number of nitrogens with zero attached hydrogens (tertiary/aromatic N) is 3. The molecule has 1 saturated heterocycles. The SMILES string of the molecule is C[C@H](NC(=O)C1(NC(=O)Oc2cncnc2)CCOC1)c1ccc(Nc2ccc(Br)cc2C(F)(F)F)cn1. The van der Waals surface area contributed by atoms with E-state index in [1.165, 1.54) is 37.1 Å². The molecule has 0 aliphatic carbocycles. The Hall–Kier alpha value is -3.78. The van der Waals surface area contributed by atoms with Gasteiger partial charge in [0.1, 0.15) is 11.9 Å². The number of aromatic nitrogens is 3. The molecule has 0 radical (unpaired) electrons. The van der Waals surface area contributed by atoms with Crippen molar-refractivity contribution in [2.24, 2.45) is 0 Å². The minimum atomic E-state index is -4.55. The molecule has 14 heteroatoms. The number of hydrogen-bond acceptors (Lipinski definition) is 8. The Morgan fingerprint density at radius 2 is 1.92 bits per heavy atom. The van der Waals surface area contributed by atoms with Crippen LogP contribution in [0.15, 0.2) is 59.7 Å². The number of anilines is 2. The molecule has 2 aromatic heterocycles. The van der Waals surface area contributed by atoms with Gasteiger partial charge < -0.3 is 25.4 Å². The first-order chi connectivity index (χ1) is 18.1. The monoisotopic (exact) mass is 594 g/mol. The molecule has 2 amide bonds. The van der Waals surface area contributed by atoms with E-state index in [1.54, 1.807) is 19.1 Å². The van der Waals surface area contributed by atoms with E-state index >= 15 is 0 Å². The van der Waals surface area contributed by atoms with Crippen LogP contribution in [0.2, 0.25) is 0 Å². The average molecular weight is 595 g/mol. The highest BCUT2D eigenvalue weighted by molar-refractivity contribution is 9.10. The van der Waals surface area contributed by atoms with Crippen molar-refractivity contribution in [2.75, 3.05) is 18.5 Å². The molecule has 4 rings (SSSR count). The number of ether oxygens (including phenoxy) is 2. The van der Waals surface area contributed by atoms with Crippen molar-refractivity contribution in [3.8, 4) is 5.75 Å². The highest BCUT2D eigenvalue weighted by Crippen LogP contribution is 2.37. The number of carbonyl (C=O) groups is 2. The minimum Gasteiger partial charge on any atom is -0.407 e. The number of hydrogen-bond donors (Lipinski definition) is 3. The molecular weight excluding hydrogens is 573 g/mol. The smallest absolute Gasteiger partial charge is 0.407 e. The van der Waals surface area contributed by atoms with Crippen molar-refractivity contribution in [3.63, 3.8) is 0 Å². The lowest BCUT2D eigenvalue weighted by atomic mass is 9.97. The first kappa shape index (κ1) is 27.3. The van der Waals surface area contributed by atoms with Crippen LogP contribution < -0.4 is 20.7 Å². The Kier molecular flexibility index (Phi) is 8.11. The molecule has 3 N–H and O–H groups in total. The summed E-state index contributed by atoms with van der Waals surface area (Å²) >= 11 is 3.06. The highest BCUT2D eigenvalue weighted by Gasteiger charge is 2.45. The Morgan fingerprint density at radius 1 is 1.16 bits per heavy atom. The lowest BCUT2D eigenvalue weighted by Gasteiger charge is -2.28. The van der Waals surface area contributed by atoms with Gasteiger partial charge in [0, 0.05) is 17.5 Å². The van der Waals surface area contributed by atoms with Gasteiger partial charge in [-0.05, 0) is 37.3 Å². The van der Waals surface area contributed by atoms with Gasteiger partial charge in [-0.1, -0.05) is 15.9 Å². The minimum absolute atomic E-state index is 0.0586. The van der Waals surface area contributed by atoms with Crippen molar-refractivity contribution in [1.82, 2.24) is 25.6 Å². The van der Waals surface area contributed by atoms with E-state index in [0.717, 1.165) is 6.07 Å². The normalized spacial score (nSPS) is 17.9. The van der Waals surface area contributed by atoms with Crippen molar-refractivity contribution in [2.45, 2.75) is 31.1 Å². The molecule has 0 spiro atoms. The number of amides is 2. The third-order valence-electron chi connectivity index (χ3n) is 5.69. The summed E-state index contributed by atoms with van der Waals surface area (Å²) in [5, 5.41) is 8.11. The molecule has 200 valence electrons. The summed E-state index contributed by atoms with van der Waals surface area (Å²) in [6.07, 6.45) is 0.0574. The predicted molar refractivity (Wildman–Crippen MR) is 133 cm³/mol. The molecule has 3 heterocycles. The fourth-order valence-corrected chi connectivity index (χ4v) is 4.09. The van der Waals surface area contributed by atoms with Gasteiger partial charge in [0.15, 0.2) is 5.75 Å². The summed E-state index contributed by atoms with van der Waals surface area (Å²) in [6.45, 7) is 1.88. The quantitative estimate of drug-likeness (QED) is 0.364. The molecule has 3 aromatic rings. The van der Waals surface area contributed by atoms with Crippen LogP contribution in [-0.2, 0) is 15.7 Å². The van der Waals surface area contributed by atoms with Crippen LogP contribution in [-0.4, -0.2) is 45.7 Å². The number of nitrogens with one attached hydrogen (secondary N) is 3. The third kappa shape index (κ3) is 6.55. The fourth-order valence-electron chi connectivity index (χ4n) is 3.73. The van der Waals surface area contributed by atoms with Gasteiger partial charge in [0.2, 0.25) is 5.91 Å². The van der Waals surface area contributed by atoms with Gasteiger partial charge in [-0.15, -0.1) is 0 Å². The maximum absolute atomic E-state index is 13.4. The molecule has 1 aliphatic rings. The molecule has 1 aromatic carbocycles. The Labute approximate surface area is 223 Å². The van der Waals surface area contributed by atoms with Crippen LogP contribution in [0.25, 0.3) is 0 Å². The second-order valence-corrected chi connectivity index (χ2v) is 9.37. The standard InChI is InChI=1S/C24H22BrF3N6O4/c1-14(19-5-3-16(9-31-19)33-20-4-2-15(25)8-18(20)24(26,27)28)32-21(35)23(6-7-37-12-23)34-22(36)38-17-10-29-13-30-11-17/h2-5,8-11,13-14,33H,6-7,12H2,1H3,(H,32,35)(H,34,36)/t14-,23?/m0/s1. The van der Waals surface area contributed by atoms with Crippen molar-refractivity contribution in [1.29, 1.82) is 0 Å². The zero-order valence-corrected chi connectivity index (χ0v) is 21.5. The molecule has 1 unspecified atom stereocenters. The van der Waals surface area contributed by atoms with Gasteiger partial charge in [0.05, 0.1) is 53.9 Å². The van der Waals surface area contributed by atoms with E-state index < -0.39 is 35.3 Å². The maximum atomic E-state index is 13.4. The predicted octanol–water partition coefficient (Wildman–Crippen LogP) is 4.52. The summed E-state index contributed by atoms with van der Waals surface area (Å²) in [6, 6.07) is 6.34. The second kappa shape index (κ2) is 11.3. The summed E-state index contributed by atoms with van der Waals surface area (Å²) < 4.78 is 51.0. The van der Waals surface area contributed by atoms with Gasteiger partial charge in [-0.2, -0.15) is 13.2 Å². The molecule has 1 fully saturated rings. The van der Waals surface area contributed by atoms with Crippen LogP contribution in [0.4, 0.5) is 29.3 Å². The Bertz CT molecular complexity index is 1290. The average Bonchev–Trinajstić information content (AvgIpc) is 3.35. The molecule has 10 nitrogen and oxygen atoms in total. The van der Waals surface area contributed by atoms with E-state index in [1.807, 2.05) is 0 Å². The van der Waals surface area contributed by atoms with E-state index in [2.05, 4.69) is 46.8 Å². The van der Waals surface area contributed by atoms with Gasteiger partial charge >= 0.3 is 12.3 Å². The molecule has 0 saturated carbocycles. The largest absolute Gasteiger partial charge is 0.418 e. The molecule has 1 aliphatic heterocycles. The topological polar surface area (TPSA) is 127 Å². The van der Waals surface area contributed by atoms with Crippen LogP contribution in [0.3, 0.4) is 0 Å². The summed E-state index contributed by atoms with van der Waals surface area (Å²) in [4.78, 5) is 37.4. The van der Waals surface area contributed by atoms with E-state index in [-0.39, 0.29) is 31.1 Å².